The summed E-state index contributed by atoms with van der Waals surface area (Å²) < 4.78 is 31.0. The highest BCUT2D eigenvalue weighted by Gasteiger charge is 2.60. The minimum atomic E-state index is -4.36. The van der Waals surface area contributed by atoms with Crippen LogP contribution in [0.25, 0.3) is 0 Å². The van der Waals surface area contributed by atoms with Crippen molar-refractivity contribution in [3.63, 3.8) is 0 Å². The molecule has 6 nitrogen and oxygen atoms in total. The maximum Gasteiger partial charge on any atom is 0.340 e. The number of rotatable bonds is 4. The number of hydrogen-bond acceptors (Lipinski definition) is 5. The van der Waals surface area contributed by atoms with Gasteiger partial charge in [-0.3, -0.25) is 9.59 Å². The van der Waals surface area contributed by atoms with Crippen LogP contribution in [0, 0.1) is 23.7 Å². The molecule has 4 atom stereocenters. The maximum absolute atomic E-state index is 13.1. The van der Waals surface area contributed by atoms with Crippen LogP contribution in [-0.2, 0) is 19.7 Å². The molecule has 2 bridgehead atoms. The summed E-state index contributed by atoms with van der Waals surface area (Å²) in [4.78, 5) is 27.0. The quantitative estimate of drug-likeness (QED) is 0.387. The van der Waals surface area contributed by atoms with E-state index >= 15 is 0 Å². The number of halogens is 2. The zero-order valence-electron chi connectivity index (χ0n) is 15.4. The second kappa shape index (κ2) is 6.83. The zero-order chi connectivity index (χ0) is 21.2. The molecule has 2 fully saturated rings. The van der Waals surface area contributed by atoms with Crippen molar-refractivity contribution < 1.29 is 22.2 Å². The molecule has 1 saturated heterocycles. The fraction of sp³-hybridized carbons (Fsp3) is 0.238. The lowest BCUT2D eigenvalue weighted by Gasteiger charge is -2.20. The third-order valence-electron chi connectivity index (χ3n) is 5.94. The SMILES string of the molecule is O=C1[C@@H]2[C@@H](C(=O)N1c1ccccc1OS(=O)(=O)c1cc(Cl)ccc1Cl)[C@H]1C=C[C@H]2C1. The second-order valence-electron chi connectivity index (χ2n) is 7.59. The zero-order valence-corrected chi connectivity index (χ0v) is 17.7. The normalized spacial score (nSPS) is 27.1. The van der Waals surface area contributed by atoms with E-state index in [9.17, 15) is 18.0 Å². The number of benzene rings is 2. The van der Waals surface area contributed by atoms with Gasteiger partial charge in [-0.1, -0.05) is 47.5 Å². The monoisotopic (exact) mass is 463 g/mol. The average molecular weight is 464 g/mol. The largest absolute Gasteiger partial charge is 0.377 e. The van der Waals surface area contributed by atoms with Gasteiger partial charge in [0.2, 0.25) is 11.8 Å². The van der Waals surface area contributed by atoms with Gasteiger partial charge in [0.25, 0.3) is 0 Å². The summed E-state index contributed by atoms with van der Waals surface area (Å²) in [5.41, 5.74) is 0.100. The molecule has 0 aromatic heterocycles. The Hall–Kier alpha value is -2.35. The van der Waals surface area contributed by atoms with Gasteiger partial charge in [0.15, 0.2) is 5.75 Å². The number of imide groups is 1. The van der Waals surface area contributed by atoms with Gasteiger partial charge < -0.3 is 4.18 Å². The number of carbonyl (C=O) groups is 2. The predicted molar refractivity (Wildman–Crippen MR) is 111 cm³/mol. The third-order valence-corrected chi connectivity index (χ3v) is 7.89. The van der Waals surface area contributed by atoms with Crippen LogP contribution in [0.15, 0.2) is 59.5 Å². The van der Waals surface area contributed by atoms with Crippen LogP contribution in [0.1, 0.15) is 6.42 Å². The molecule has 30 heavy (non-hydrogen) atoms. The Kier molecular flexibility index (Phi) is 4.47. The lowest BCUT2D eigenvalue weighted by molar-refractivity contribution is -0.123. The lowest BCUT2D eigenvalue weighted by Crippen LogP contribution is -2.33. The predicted octanol–water partition coefficient (Wildman–Crippen LogP) is 4.07. The van der Waals surface area contributed by atoms with Crippen LogP contribution in [-0.4, -0.2) is 20.2 Å². The Morgan fingerprint density at radius 1 is 0.933 bits per heavy atom. The van der Waals surface area contributed by atoms with Crippen molar-refractivity contribution in [1.82, 2.24) is 0 Å². The van der Waals surface area contributed by atoms with Crippen LogP contribution < -0.4 is 9.08 Å². The summed E-state index contributed by atoms with van der Waals surface area (Å²) in [7, 11) is -4.36. The number of fused-ring (bicyclic) bond motifs is 5. The molecule has 0 unspecified atom stereocenters. The summed E-state index contributed by atoms with van der Waals surface area (Å²) >= 11 is 11.9. The standard InChI is InChI=1S/C21H15Cl2NO5S/c22-13-7-8-14(23)17(10-13)30(27,28)29-16-4-2-1-3-15(16)24-20(25)18-11-5-6-12(9-11)19(18)21(24)26/h1-8,10-12,18-19H,9H2/t11-,12-,18-,19-/m0/s1. The molecule has 0 radical (unpaired) electrons. The summed E-state index contributed by atoms with van der Waals surface area (Å²) in [6, 6.07) is 10.1. The first-order chi connectivity index (χ1) is 14.3. The van der Waals surface area contributed by atoms with E-state index in [0.29, 0.717) is 0 Å². The van der Waals surface area contributed by atoms with Gasteiger partial charge >= 0.3 is 10.1 Å². The van der Waals surface area contributed by atoms with Gasteiger partial charge in [0.1, 0.15) is 4.90 Å². The summed E-state index contributed by atoms with van der Waals surface area (Å²) in [5.74, 6) is -1.49. The lowest BCUT2D eigenvalue weighted by atomic mass is 9.85. The molecule has 154 valence electrons. The van der Waals surface area contributed by atoms with Gasteiger partial charge in [0.05, 0.1) is 22.5 Å². The van der Waals surface area contributed by atoms with E-state index < -0.39 is 22.0 Å². The Bertz CT molecular complexity index is 1200. The van der Waals surface area contributed by atoms with Gasteiger partial charge in [-0.25, -0.2) is 4.90 Å². The minimum Gasteiger partial charge on any atom is -0.377 e. The van der Waals surface area contributed by atoms with E-state index in [1.54, 1.807) is 12.1 Å². The average Bonchev–Trinajstić information content (AvgIpc) is 3.38. The molecule has 1 aliphatic heterocycles. The molecular weight excluding hydrogens is 449 g/mol. The van der Waals surface area contributed by atoms with Crippen LogP contribution in [0.3, 0.4) is 0 Å². The first-order valence-electron chi connectivity index (χ1n) is 9.32. The fourth-order valence-electron chi connectivity index (χ4n) is 4.68. The number of amides is 2. The molecular formula is C21H15Cl2NO5S. The molecule has 2 aromatic carbocycles. The highest BCUT2D eigenvalue weighted by Crippen LogP contribution is 2.54. The molecule has 3 aliphatic rings. The van der Waals surface area contributed by atoms with Gasteiger partial charge in [-0.15, -0.1) is 0 Å². The van der Waals surface area contributed by atoms with Crippen molar-refractivity contribution in [1.29, 1.82) is 0 Å². The minimum absolute atomic E-state index is 0.0449. The van der Waals surface area contributed by atoms with Gasteiger partial charge in [-0.05, 0) is 48.6 Å². The summed E-state index contributed by atoms with van der Waals surface area (Å²) in [6.07, 6.45) is 4.80. The van der Waals surface area contributed by atoms with E-state index in [-0.39, 0.29) is 50.0 Å². The molecule has 2 amide bonds. The summed E-state index contributed by atoms with van der Waals surface area (Å²) in [5, 5.41) is 0.123. The van der Waals surface area contributed by atoms with Crippen LogP contribution >= 0.6 is 23.2 Å². The molecule has 0 spiro atoms. The molecule has 2 aromatic rings. The molecule has 2 aliphatic carbocycles. The van der Waals surface area contributed by atoms with Crippen LogP contribution in [0.5, 0.6) is 5.75 Å². The Balaban J connectivity index is 1.52. The highest BCUT2D eigenvalue weighted by atomic mass is 35.5. The number of hydrogen-bond donors (Lipinski definition) is 0. The molecule has 9 heteroatoms. The van der Waals surface area contributed by atoms with E-state index in [2.05, 4.69) is 0 Å². The van der Waals surface area contributed by atoms with Crippen molar-refractivity contribution >= 4 is 50.8 Å². The number of nitrogens with zero attached hydrogens (tertiary/aromatic N) is 1. The van der Waals surface area contributed by atoms with Crippen LogP contribution in [0.4, 0.5) is 5.69 Å². The highest BCUT2D eigenvalue weighted by molar-refractivity contribution is 7.87. The van der Waals surface area contributed by atoms with Crippen molar-refractivity contribution in [2.45, 2.75) is 11.3 Å². The van der Waals surface area contributed by atoms with Gasteiger partial charge in [-0.2, -0.15) is 8.42 Å². The van der Waals surface area contributed by atoms with E-state index in [1.807, 2.05) is 12.2 Å². The number of anilines is 1. The molecule has 5 rings (SSSR count). The van der Waals surface area contributed by atoms with Crippen molar-refractivity contribution in [2.75, 3.05) is 4.90 Å². The third kappa shape index (κ3) is 2.87. The topological polar surface area (TPSA) is 80.8 Å². The van der Waals surface area contributed by atoms with E-state index in [4.69, 9.17) is 27.4 Å². The van der Waals surface area contributed by atoms with E-state index in [0.717, 1.165) is 11.3 Å². The molecule has 1 heterocycles. The van der Waals surface area contributed by atoms with Crippen LogP contribution in [0.2, 0.25) is 10.0 Å². The first kappa shape index (κ1) is 19.6. The maximum atomic E-state index is 13.1. The number of para-hydroxylation sites is 2. The summed E-state index contributed by atoms with van der Waals surface area (Å²) in [6.45, 7) is 0. The van der Waals surface area contributed by atoms with E-state index in [1.165, 1.54) is 30.3 Å². The van der Waals surface area contributed by atoms with Crippen molar-refractivity contribution in [3.8, 4) is 5.75 Å². The number of allylic oxidation sites excluding steroid dienone is 2. The molecule has 1 saturated carbocycles. The van der Waals surface area contributed by atoms with Crippen molar-refractivity contribution in [2.24, 2.45) is 23.7 Å². The number of carbonyl (C=O) groups excluding carboxylic acids is 2. The molecule has 0 N–H and O–H groups in total. The fourth-order valence-corrected chi connectivity index (χ4v) is 6.37. The Labute approximate surface area is 183 Å². The Morgan fingerprint density at radius 3 is 2.23 bits per heavy atom. The van der Waals surface area contributed by atoms with Crippen molar-refractivity contribution in [3.05, 3.63) is 64.7 Å². The van der Waals surface area contributed by atoms with Gasteiger partial charge in [0, 0.05) is 5.02 Å². The second-order valence-corrected chi connectivity index (χ2v) is 9.95. The first-order valence-corrected chi connectivity index (χ1v) is 11.5. The Morgan fingerprint density at radius 2 is 1.57 bits per heavy atom. The smallest absolute Gasteiger partial charge is 0.340 e.